The van der Waals surface area contributed by atoms with Gasteiger partial charge >= 0.3 is 5.97 Å². The third kappa shape index (κ3) is 4.46. The van der Waals surface area contributed by atoms with Crippen LogP contribution in [0.5, 0.6) is 5.75 Å². The highest BCUT2D eigenvalue weighted by Crippen LogP contribution is 2.51. The summed E-state index contributed by atoms with van der Waals surface area (Å²) in [6, 6.07) is 3.69. The first-order chi connectivity index (χ1) is 17.4. The number of ketones is 1. The topological polar surface area (TPSA) is 103 Å². The molecule has 1 aromatic carbocycles. The van der Waals surface area contributed by atoms with E-state index in [2.05, 4.69) is 32.6 Å². The molecule has 2 aliphatic rings. The molecular weight excluding hydrogens is 505 g/mol. The zero-order chi connectivity index (χ0) is 26.7. The smallest absolute Gasteiger partial charge is 0.345 e. The molecule has 1 saturated carbocycles. The van der Waals surface area contributed by atoms with E-state index in [-0.39, 0.29) is 10.7 Å². The third-order valence-electron chi connectivity index (χ3n) is 7.68. The maximum atomic E-state index is 13.6. The molecule has 1 aliphatic heterocycles. The minimum Gasteiger partial charge on any atom is -0.423 e. The average molecular weight is 534 g/mol. The first kappa shape index (κ1) is 25.9. The van der Waals surface area contributed by atoms with Gasteiger partial charge < -0.3 is 14.6 Å². The lowest BCUT2D eigenvalue weighted by Crippen LogP contribution is -2.62. The van der Waals surface area contributed by atoms with Crippen LogP contribution in [-0.2, 0) is 23.3 Å². The fraction of sp³-hybridized carbons (Fsp3) is 0.400. The Kier molecular flexibility index (Phi) is 6.44. The third-order valence-corrected chi connectivity index (χ3v) is 8.98. The van der Waals surface area contributed by atoms with Gasteiger partial charge in [-0.25, -0.2) is 4.79 Å². The Hall–Kier alpha value is -2.77. The van der Waals surface area contributed by atoms with Gasteiger partial charge in [0.2, 0.25) is 0 Å². The maximum Gasteiger partial charge on any atom is 0.345 e. The van der Waals surface area contributed by atoms with Crippen molar-refractivity contribution in [1.29, 1.82) is 0 Å². The van der Waals surface area contributed by atoms with E-state index in [0.717, 1.165) is 28.7 Å². The molecule has 5 rings (SSSR count). The van der Waals surface area contributed by atoms with Gasteiger partial charge in [-0.3, -0.25) is 9.59 Å². The SMILES string of the molecule is Bc1cc(OC(=O)c2c(C)c(C(=O)C(=O)NC3(c4nncs4)CC(B)(P)C3)n3c2CCC3)cc(C)c1C. The number of nitrogens with zero attached hydrogens (tertiary/aromatic N) is 3. The summed E-state index contributed by atoms with van der Waals surface area (Å²) in [5.74, 6) is -1.38. The van der Waals surface area contributed by atoms with Gasteiger partial charge in [-0.2, -0.15) is 0 Å². The molecule has 37 heavy (non-hydrogen) atoms. The number of aromatic nitrogens is 3. The zero-order valence-electron chi connectivity index (χ0n) is 21.7. The molecule has 0 spiro atoms. The van der Waals surface area contributed by atoms with Crippen molar-refractivity contribution in [3.8, 4) is 5.75 Å². The number of fused-ring (bicyclic) bond motifs is 1. The number of esters is 1. The summed E-state index contributed by atoms with van der Waals surface area (Å²) in [6.45, 7) is 6.30. The fourth-order valence-corrected chi connectivity index (χ4v) is 7.28. The molecule has 1 fully saturated rings. The van der Waals surface area contributed by atoms with E-state index in [1.807, 2.05) is 38.4 Å². The van der Waals surface area contributed by atoms with Gasteiger partial charge in [0.25, 0.3) is 11.7 Å². The van der Waals surface area contributed by atoms with Crippen LogP contribution < -0.4 is 15.5 Å². The summed E-state index contributed by atoms with van der Waals surface area (Å²) < 4.78 is 7.59. The normalized spacial score (nSPS) is 22.3. The Bertz CT molecular complexity index is 1420. The molecule has 2 aromatic heterocycles. The Morgan fingerprint density at radius 2 is 1.92 bits per heavy atom. The number of benzene rings is 1. The van der Waals surface area contributed by atoms with Crippen LogP contribution in [0, 0.1) is 20.8 Å². The molecule has 190 valence electrons. The maximum absolute atomic E-state index is 13.6. The van der Waals surface area contributed by atoms with Crippen molar-refractivity contribution in [2.24, 2.45) is 0 Å². The van der Waals surface area contributed by atoms with Crippen LogP contribution in [0.2, 0.25) is 0 Å². The number of hydrogen-bond donors (Lipinski definition) is 1. The summed E-state index contributed by atoms with van der Waals surface area (Å²) >= 11 is 1.37. The fourth-order valence-electron chi connectivity index (χ4n) is 5.88. The molecule has 1 N–H and O–H groups in total. The molecule has 1 atom stereocenters. The number of rotatable bonds is 6. The monoisotopic (exact) mass is 534 g/mol. The Morgan fingerprint density at radius 3 is 2.54 bits per heavy atom. The van der Waals surface area contributed by atoms with Crippen LogP contribution in [-0.4, -0.2) is 53.2 Å². The predicted molar refractivity (Wildman–Crippen MR) is 151 cm³/mol. The summed E-state index contributed by atoms with van der Waals surface area (Å²) in [4.78, 5) is 40.3. The lowest BCUT2D eigenvalue weighted by Gasteiger charge is -2.51. The number of ether oxygens (including phenoxy) is 1. The number of hydrogen-bond acceptors (Lipinski definition) is 7. The van der Waals surface area contributed by atoms with Crippen LogP contribution in [0.25, 0.3) is 0 Å². The quantitative estimate of drug-likeness (QED) is 0.126. The Balaban J connectivity index is 1.44. The Labute approximate surface area is 224 Å². The second-order valence-electron chi connectivity index (χ2n) is 10.7. The summed E-state index contributed by atoms with van der Waals surface area (Å²) in [6.07, 6.45) is 2.71. The van der Waals surface area contributed by atoms with E-state index >= 15 is 0 Å². The van der Waals surface area contributed by atoms with E-state index in [1.165, 1.54) is 11.3 Å². The second-order valence-corrected chi connectivity index (χ2v) is 13.0. The van der Waals surface area contributed by atoms with E-state index < -0.39 is 23.2 Å². The molecule has 0 saturated heterocycles. The first-order valence-corrected chi connectivity index (χ1v) is 13.8. The van der Waals surface area contributed by atoms with Crippen molar-refractivity contribution in [2.75, 3.05) is 0 Å². The van der Waals surface area contributed by atoms with E-state index in [0.29, 0.717) is 47.7 Å². The van der Waals surface area contributed by atoms with Gasteiger partial charge in [-0.15, -0.1) is 30.8 Å². The number of carbonyl (C=O) groups is 3. The van der Waals surface area contributed by atoms with Crippen LogP contribution >= 0.6 is 20.6 Å². The van der Waals surface area contributed by atoms with Crippen LogP contribution in [0.1, 0.15) is 67.5 Å². The molecule has 12 heteroatoms. The van der Waals surface area contributed by atoms with Crippen molar-refractivity contribution in [1.82, 2.24) is 20.1 Å². The van der Waals surface area contributed by atoms with Gasteiger partial charge in [0.1, 0.15) is 32.0 Å². The minimum absolute atomic E-state index is 0.0577. The van der Waals surface area contributed by atoms with E-state index in [4.69, 9.17) is 4.74 Å². The molecule has 3 heterocycles. The van der Waals surface area contributed by atoms with Crippen molar-refractivity contribution < 1.29 is 19.1 Å². The summed E-state index contributed by atoms with van der Waals surface area (Å²) in [5.41, 5.74) is 6.00. The molecule has 3 aromatic rings. The molecule has 0 bridgehead atoms. The highest BCUT2D eigenvalue weighted by molar-refractivity contribution is 7.22. The second kappa shape index (κ2) is 9.21. The van der Waals surface area contributed by atoms with Crippen LogP contribution in [0.4, 0.5) is 0 Å². The summed E-state index contributed by atoms with van der Waals surface area (Å²) in [5, 5.41) is 11.7. The molecule has 1 aliphatic carbocycles. The van der Waals surface area contributed by atoms with Gasteiger partial charge in [-0.05, 0) is 74.8 Å². The average Bonchev–Trinajstić information content (AvgIpc) is 3.53. The first-order valence-electron chi connectivity index (χ1n) is 12.4. The van der Waals surface area contributed by atoms with Crippen molar-refractivity contribution in [3.05, 3.63) is 56.3 Å². The zero-order valence-corrected chi connectivity index (χ0v) is 23.7. The molecule has 0 radical (unpaired) electrons. The highest BCUT2D eigenvalue weighted by atomic mass is 32.1. The summed E-state index contributed by atoms with van der Waals surface area (Å²) in [7, 11) is 6.88. The van der Waals surface area contributed by atoms with Crippen LogP contribution in [0.3, 0.4) is 0 Å². The van der Waals surface area contributed by atoms with Gasteiger partial charge in [0.05, 0.1) is 16.8 Å². The molecule has 8 nitrogen and oxygen atoms in total. The molecule has 1 unspecified atom stereocenters. The minimum atomic E-state index is -0.721. The number of carbonyl (C=O) groups excluding carboxylic acids is 3. The number of nitrogens with one attached hydrogen (secondary N) is 1. The lowest BCUT2D eigenvalue weighted by molar-refractivity contribution is -0.120. The standard InChI is InChI=1S/C25H29B2N4O4PS/c1-12-7-15(8-16(26)13(12)2)35-22(34)18-14(3)19(31-6-4-5-17(18)31)20(32)21(33)29-24(9-25(27,36)10-24)23-30-28-11-37-23/h7-8,11H,4-6,9-10,26-27,36H2,1-3H3,(H,29,33). The van der Waals surface area contributed by atoms with Crippen molar-refractivity contribution >= 4 is 59.4 Å². The van der Waals surface area contributed by atoms with Crippen LogP contribution in [0.15, 0.2) is 17.6 Å². The van der Waals surface area contributed by atoms with E-state index in [9.17, 15) is 14.4 Å². The van der Waals surface area contributed by atoms with Crippen molar-refractivity contribution in [3.63, 3.8) is 0 Å². The lowest BCUT2D eigenvalue weighted by atomic mass is 9.58. The number of aryl methyl sites for hydroxylation is 1. The predicted octanol–water partition coefficient (Wildman–Crippen LogP) is 0.881. The largest absolute Gasteiger partial charge is 0.423 e. The number of Topliss-reactive ketones (excluding diaryl/α,β-unsaturated/α-hetero) is 1. The number of amides is 1. The van der Waals surface area contributed by atoms with Gasteiger partial charge in [-0.1, -0.05) is 11.0 Å². The van der Waals surface area contributed by atoms with E-state index in [1.54, 1.807) is 12.4 Å². The highest BCUT2D eigenvalue weighted by Gasteiger charge is 2.54. The van der Waals surface area contributed by atoms with Gasteiger partial charge in [0.15, 0.2) is 0 Å². The molecule has 1 amide bonds. The molecular formula is C25H29B2N4O4PS. The Morgan fingerprint density at radius 1 is 1.19 bits per heavy atom. The van der Waals surface area contributed by atoms with Crippen molar-refractivity contribution in [2.45, 2.75) is 63.6 Å². The van der Waals surface area contributed by atoms with Gasteiger partial charge in [0, 0.05) is 12.2 Å².